The largest absolute Gasteiger partial charge is 0.121 e. The van der Waals surface area contributed by atoms with Crippen LogP contribution in [0.25, 0.3) is 0 Å². The molecule has 0 amide bonds. The van der Waals surface area contributed by atoms with Crippen LogP contribution in [0.3, 0.4) is 0 Å². The zero-order valence-electron chi connectivity index (χ0n) is 6.35. The molecule has 1 saturated carbocycles. The first-order valence-corrected chi connectivity index (χ1v) is 7.21. The van der Waals surface area contributed by atoms with Crippen molar-refractivity contribution in [3.05, 3.63) is 0 Å². The highest BCUT2D eigenvalue weighted by atomic mass is 127. The Morgan fingerprint density at radius 3 is 2.70 bits per heavy atom. The zero-order valence-corrected chi connectivity index (χ0v) is 9.66. The summed E-state index contributed by atoms with van der Waals surface area (Å²) in [6.07, 6.45) is 8.42. The molecule has 0 spiro atoms. The lowest BCUT2D eigenvalue weighted by atomic mass is 10.2. The zero-order chi connectivity index (χ0) is 7.40. The van der Waals surface area contributed by atoms with Crippen molar-refractivity contribution in [3.8, 4) is 0 Å². The van der Waals surface area contributed by atoms with Crippen LogP contribution in [-0.2, 0) is 0 Å². The predicted octanol–water partition coefficient (Wildman–Crippen LogP) is 2.12. The minimum absolute atomic E-state index is 0.527. The number of hydrogen-bond donors (Lipinski definition) is 0. The molecule has 1 rings (SSSR count). The number of alkyl halides is 1. The van der Waals surface area contributed by atoms with Crippen LogP contribution in [0.2, 0.25) is 6.04 Å². The summed E-state index contributed by atoms with van der Waals surface area (Å²) in [6, 6.07) is 1.43. The van der Waals surface area contributed by atoms with Gasteiger partial charge in [-0.15, -0.1) is 6.17 Å². The lowest BCUT2D eigenvalue weighted by Gasteiger charge is -1.93. The van der Waals surface area contributed by atoms with Crippen molar-refractivity contribution in [2.75, 3.05) is 4.43 Å². The first kappa shape index (κ1) is 8.91. The van der Waals surface area contributed by atoms with Crippen LogP contribution < -0.4 is 0 Å². The van der Waals surface area contributed by atoms with Gasteiger partial charge in [0, 0.05) is 0 Å². The van der Waals surface area contributed by atoms with E-state index in [2.05, 4.69) is 28.8 Å². The summed E-state index contributed by atoms with van der Waals surface area (Å²) >= 11 is 2.48. The molecule has 1 aliphatic carbocycles. The number of halogens is 1. The molecule has 0 heterocycles. The Kier molecular flexibility index (Phi) is 4.14. The van der Waals surface area contributed by atoms with Crippen molar-refractivity contribution >= 4 is 37.9 Å². The Hall–Kier alpha value is 0.817. The standard InChI is InChI=1S/C8H15ISi/c1-10-5-3-8-6-7(8)2-4-9/h7-8,10H,1-6H2/t7-,8+/m1/s1. The molecule has 0 bridgehead atoms. The van der Waals surface area contributed by atoms with E-state index in [0.717, 1.165) is 11.8 Å². The van der Waals surface area contributed by atoms with Gasteiger partial charge in [-0.3, -0.25) is 0 Å². The fourth-order valence-electron chi connectivity index (χ4n) is 1.49. The molecule has 0 nitrogen and oxygen atoms in total. The molecule has 2 atom stereocenters. The molecule has 0 saturated heterocycles. The minimum atomic E-state index is 0.527. The molecule has 0 radical (unpaired) electrons. The van der Waals surface area contributed by atoms with Gasteiger partial charge in [-0.05, 0) is 50.7 Å². The smallest absolute Gasteiger partial charge is 0.000199 e. The number of hydrogen-bond acceptors (Lipinski definition) is 0. The van der Waals surface area contributed by atoms with E-state index in [4.69, 9.17) is 0 Å². The second kappa shape index (κ2) is 4.65. The molecule has 0 aromatic carbocycles. The van der Waals surface area contributed by atoms with E-state index in [1.54, 1.807) is 0 Å². The maximum atomic E-state index is 3.94. The van der Waals surface area contributed by atoms with E-state index in [1.165, 1.54) is 29.7 Å². The summed E-state index contributed by atoms with van der Waals surface area (Å²) in [5.41, 5.74) is 0. The first-order chi connectivity index (χ1) is 4.88. The topological polar surface area (TPSA) is 0 Å². The average Bonchev–Trinajstić information content (AvgIpc) is 2.65. The van der Waals surface area contributed by atoms with Crippen molar-refractivity contribution in [2.24, 2.45) is 11.8 Å². The average molecular weight is 266 g/mol. The van der Waals surface area contributed by atoms with E-state index in [-0.39, 0.29) is 0 Å². The lowest BCUT2D eigenvalue weighted by Crippen LogP contribution is -1.85. The molecule has 58 valence electrons. The fraction of sp³-hybridized carbons (Fsp3) is 0.875. The van der Waals surface area contributed by atoms with Crippen LogP contribution in [0.1, 0.15) is 19.3 Å². The highest BCUT2D eigenvalue weighted by molar-refractivity contribution is 14.1. The van der Waals surface area contributed by atoms with Gasteiger partial charge < -0.3 is 0 Å². The van der Waals surface area contributed by atoms with Gasteiger partial charge in [0.2, 0.25) is 0 Å². The van der Waals surface area contributed by atoms with Gasteiger partial charge in [0.25, 0.3) is 0 Å². The van der Waals surface area contributed by atoms with Crippen molar-refractivity contribution < 1.29 is 0 Å². The van der Waals surface area contributed by atoms with Gasteiger partial charge in [-0.2, -0.15) is 0 Å². The van der Waals surface area contributed by atoms with Crippen LogP contribution >= 0.6 is 22.6 Å². The van der Waals surface area contributed by atoms with E-state index >= 15 is 0 Å². The highest BCUT2D eigenvalue weighted by Crippen LogP contribution is 2.44. The van der Waals surface area contributed by atoms with Gasteiger partial charge >= 0.3 is 0 Å². The molecule has 0 N–H and O–H groups in total. The van der Waals surface area contributed by atoms with Gasteiger partial charge in [0.15, 0.2) is 0 Å². The number of rotatable bonds is 5. The Labute approximate surface area is 79.4 Å². The van der Waals surface area contributed by atoms with Gasteiger partial charge in [-0.25, -0.2) is 0 Å². The van der Waals surface area contributed by atoms with Crippen LogP contribution in [0.15, 0.2) is 0 Å². The lowest BCUT2D eigenvalue weighted by molar-refractivity contribution is 0.670. The van der Waals surface area contributed by atoms with E-state index in [0.29, 0.717) is 9.13 Å². The fourth-order valence-corrected chi connectivity index (χ4v) is 2.95. The van der Waals surface area contributed by atoms with Crippen LogP contribution in [0, 0.1) is 11.8 Å². The van der Waals surface area contributed by atoms with E-state index in [1.807, 2.05) is 0 Å². The Balaban J connectivity index is 1.96. The molecule has 0 unspecified atom stereocenters. The summed E-state index contributed by atoms with van der Waals surface area (Å²) < 4.78 is 1.36. The SMILES string of the molecule is C=[SiH]CC[C@H]1C[C@H]1CCI. The highest BCUT2D eigenvalue weighted by Gasteiger charge is 2.34. The Bertz CT molecular complexity index is 114. The van der Waals surface area contributed by atoms with E-state index < -0.39 is 0 Å². The third-order valence-corrected chi connectivity index (χ3v) is 3.65. The Morgan fingerprint density at radius 1 is 1.40 bits per heavy atom. The monoisotopic (exact) mass is 266 g/mol. The summed E-state index contributed by atoms with van der Waals surface area (Å²) in [7, 11) is 0.527. The molecule has 1 fully saturated rings. The summed E-state index contributed by atoms with van der Waals surface area (Å²) in [5.74, 6) is 2.23. The normalized spacial score (nSPS) is 30.1. The second-order valence-corrected chi connectivity index (χ2v) is 5.33. The third-order valence-electron chi connectivity index (χ3n) is 2.29. The first-order valence-electron chi connectivity index (χ1n) is 4.05. The Morgan fingerprint density at radius 2 is 2.10 bits per heavy atom. The van der Waals surface area contributed by atoms with Crippen LogP contribution in [0.4, 0.5) is 0 Å². The van der Waals surface area contributed by atoms with Crippen molar-refractivity contribution in [1.82, 2.24) is 0 Å². The summed E-state index contributed by atoms with van der Waals surface area (Å²) in [4.78, 5) is 0. The predicted molar refractivity (Wildman–Crippen MR) is 58.8 cm³/mol. The summed E-state index contributed by atoms with van der Waals surface area (Å²) in [6.45, 7) is 0. The molecule has 1 aliphatic rings. The molecule has 10 heavy (non-hydrogen) atoms. The van der Waals surface area contributed by atoms with Crippen LogP contribution in [-0.4, -0.2) is 19.7 Å². The summed E-state index contributed by atoms with van der Waals surface area (Å²) in [5, 5.41) is 0. The minimum Gasteiger partial charge on any atom is -0.121 e. The van der Waals surface area contributed by atoms with Crippen molar-refractivity contribution in [2.45, 2.75) is 25.3 Å². The van der Waals surface area contributed by atoms with Gasteiger partial charge in [-0.1, -0.05) is 22.6 Å². The second-order valence-electron chi connectivity index (χ2n) is 3.10. The quantitative estimate of drug-likeness (QED) is 0.406. The van der Waals surface area contributed by atoms with Crippen molar-refractivity contribution in [3.63, 3.8) is 0 Å². The molecular weight excluding hydrogens is 251 g/mol. The molecule has 0 aromatic rings. The van der Waals surface area contributed by atoms with Gasteiger partial charge in [0.1, 0.15) is 0 Å². The molecule has 2 heteroatoms. The van der Waals surface area contributed by atoms with Gasteiger partial charge in [0.05, 0.1) is 0 Å². The molecule has 0 aromatic heterocycles. The molecule has 0 aliphatic heterocycles. The van der Waals surface area contributed by atoms with Crippen LogP contribution in [0.5, 0.6) is 0 Å². The van der Waals surface area contributed by atoms with E-state index in [9.17, 15) is 0 Å². The maximum absolute atomic E-state index is 3.94. The van der Waals surface area contributed by atoms with Crippen molar-refractivity contribution in [1.29, 1.82) is 0 Å². The molecular formula is C8H15ISi. The maximum Gasteiger partial charge on any atom is -0.000199 e. The third kappa shape index (κ3) is 2.82.